The fraction of sp³-hybridized carbons (Fsp3) is 0.600. The Bertz CT molecular complexity index is 1140. The molecule has 2 amide bonds. The van der Waals surface area contributed by atoms with Gasteiger partial charge in [-0.1, -0.05) is 60.6 Å². The highest BCUT2D eigenvalue weighted by Gasteiger charge is 2.44. The number of hydrogen-bond donors (Lipinski definition) is 2. The minimum Gasteiger partial charge on any atom is -0.391 e. The molecule has 1 aliphatic rings. The molecule has 3 rings (SSSR count). The Balaban J connectivity index is 1.72. The van der Waals surface area contributed by atoms with Crippen LogP contribution in [-0.4, -0.2) is 61.9 Å². The summed E-state index contributed by atoms with van der Waals surface area (Å²) in [5.41, 5.74) is 1.25. The van der Waals surface area contributed by atoms with Crippen molar-refractivity contribution in [2.75, 3.05) is 6.54 Å². The van der Waals surface area contributed by atoms with Crippen molar-refractivity contribution in [2.45, 2.75) is 98.8 Å². The van der Waals surface area contributed by atoms with Gasteiger partial charge in [0, 0.05) is 43.9 Å². The predicted octanol–water partition coefficient (Wildman–Crippen LogP) is 4.17. The van der Waals surface area contributed by atoms with Crippen molar-refractivity contribution in [1.29, 1.82) is 0 Å². The topological polar surface area (TPSA) is 105 Å². The standard InChI is InChI=1S/C30H44N4O4/c1-19(21-9-11-22(12-10-21)33-14-13-31-20(33)2)15-25(36)24-16-23(35)18-34(24)28(38)27(30(6,7)8)32-26(37)17-29(3,4)5/h9-14,19,23-24,27,35H,15-18H2,1-8H3,(H,32,37). The van der Waals surface area contributed by atoms with Gasteiger partial charge in [-0.25, -0.2) is 4.98 Å². The molecule has 0 saturated carbocycles. The van der Waals surface area contributed by atoms with E-state index in [1.165, 1.54) is 4.90 Å². The molecule has 4 unspecified atom stereocenters. The highest BCUT2D eigenvalue weighted by atomic mass is 16.3. The minimum atomic E-state index is -0.797. The maximum Gasteiger partial charge on any atom is 0.246 e. The molecule has 4 atom stereocenters. The number of likely N-dealkylation sites (tertiary alicyclic amines) is 1. The Kier molecular flexibility index (Phi) is 8.86. The summed E-state index contributed by atoms with van der Waals surface area (Å²) in [6.45, 7) is 15.6. The van der Waals surface area contributed by atoms with E-state index in [1.807, 2.05) is 90.4 Å². The number of imidazole rings is 1. The lowest BCUT2D eigenvalue weighted by atomic mass is 9.84. The van der Waals surface area contributed by atoms with Crippen LogP contribution in [0.3, 0.4) is 0 Å². The van der Waals surface area contributed by atoms with E-state index in [0.717, 1.165) is 17.1 Å². The summed E-state index contributed by atoms with van der Waals surface area (Å²) in [5.74, 6) is 0.248. The van der Waals surface area contributed by atoms with Crippen LogP contribution >= 0.6 is 0 Å². The number of amides is 2. The highest BCUT2D eigenvalue weighted by Crippen LogP contribution is 2.30. The monoisotopic (exact) mass is 524 g/mol. The largest absolute Gasteiger partial charge is 0.391 e. The summed E-state index contributed by atoms with van der Waals surface area (Å²) < 4.78 is 1.99. The van der Waals surface area contributed by atoms with Crippen LogP contribution in [0.1, 0.15) is 85.0 Å². The number of aliphatic hydroxyl groups is 1. The van der Waals surface area contributed by atoms with Gasteiger partial charge in [0.15, 0.2) is 5.78 Å². The van der Waals surface area contributed by atoms with Gasteiger partial charge in [-0.3, -0.25) is 14.4 Å². The van der Waals surface area contributed by atoms with Crippen LogP contribution < -0.4 is 5.32 Å². The van der Waals surface area contributed by atoms with E-state index in [9.17, 15) is 19.5 Å². The van der Waals surface area contributed by atoms with E-state index in [2.05, 4.69) is 10.3 Å². The second-order valence-corrected chi connectivity index (χ2v) is 13.0. The molecular formula is C30H44N4O4. The lowest BCUT2D eigenvalue weighted by Crippen LogP contribution is -2.57. The molecule has 0 aliphatic carbocycles. The molecule has 38 heavy (non-hydrogen) atoms. The number of benzene rings is 1. The van der Waals surface area contributed by atoms with Crippen LogP contribution in [0, 0.1) is 17.8 Å². The molecule has 1 aromatic heterocycles. The van der Waals surface area contributed by atoms with Crippen molar-refractivity contribution in [1.82, 2.24) is 19.8 Å². The highest BCUT2D eigenvalue weighted by molar-refractivity contribution is 5.94. The second-order valence-electron chi connectivity index (χ2n) is 13.0. The van der Waals surface area contributed by atoms with Crippen molar-refractivity contribution in [3.63, 3.8) is 0 Å². The summed E-state index contributed by atoms with van der Waals surface area (Å²) in [6, 6.07) is 6.54. The first kappa shape index (κ1) is 29.6. The van der Waals surface area contributed by atoms with Gasteiger partial charge in [-0.05, 0) is 41.4 Å². The van der Waals surface area contributed by atoms with Crippen LogP contribution in [0.5, 0.6) is 0 Å². The number of nitrogens with zero attached hydrogens (tertiary/aromatic N) is 3. The number of hydrogen-bond acceptors (Lipinski definition) is 5. The smallest absolute Gasteiger partial charge is 0.246 e. The summed E-state index contributed by atoms with van der Waals surface area (Å²) in [5, 5.41) is 13.4. The number of aromatic nitrogens is 2. The average molecular weight is 525 g/mol. The van der Waals surface area contributed by atoms with E-state index in [-0.39, 0.29) is 54.7 Å². The molecule has 1 fully saturated rings. The number of nitrogens with one attached hydrogen (secondary N) is 1. The number of aliphatic hydroxyl groups excluding tert-OH is 1. The van der Waals surface area contributed by atoms with Gasteiger partial charge >= 0.3 is 0 Å². The molecule has 2 N–H and O–H groups in total. The van der Waals surface area contributed by atoms with Crippen molar-refractivity contribution in [2.24, 2.45) is 10.8 Å². The van der Waals surface area contributed by atoms with Crippen molar-refractivity contribution in [3.05, 3.63) is 48.0 Å². The fourth-order valence-electron chi connectivity index (χ4n) is 5.04. The number of ketones is 1. The molecule has 2 aromatic rings. The molecule has 0 radical (unpaired) electrons. The molecule has 1 saturated heterocycles. The zero-order valence-corrected chi connectivity index (χ0v) is 24.1. The minimum absolute atomic E-state index is 0.0555. The normalized spacial score (nSPS) is 19.8. The van der Waals surface area contributed by atoms with Gasteiger partial charge in [0.05, 0.1) is 12.1 Å². The molecule has 208 valence electrons. The van der Waals surface area contributed by atoms with Gasteiger partial charge in [0.2, 0.25) is 11.8 Å². The van der Waals surface area contributed by atoms with Gasteiger partial charge in [0.25, 0.3) is 0 Å². The molecule has 1 aliphatic heterocycles. The molecule has 2 heterocycles. The Hall–Kier alpha value is -3.00. The molecule has 0 spiro atoms. The van der Waals surface area contributed by atoms with Crippen LogP contribution in [0.2, 0.25) is 0 Å². The van der Waals surface area contributed by atoms with Gasteiger partial charge in [-0.15, -0.1) is 0 Å². The SMILES string of the molecule is Cc1nccn1-c1ccc(C(C)CC(=O)C2CC(O)CN2C(=O)C(NC(=O)CC(C)(C)C)C(C)(C)C)cc1. The lowest BCUT2D eigenvalue weighted by molar-refractivity contribution is -0.143. The van der Waals surface area contributed by atoms with Crippen LogP contribution in [0.15, 0.2) is 36.7 Å². The predicted molar refractivity (Wildman–Crippen MR) is 148 cm³/mol. The van der Waals surface area contributed by atoms with E-state index in [0.29, 0.717) is 0 Å². The zero-order valence-electron chi connectivity index (χ0n) is 24.1. The third-order valence-electron chi connectivity index (χ3n) is 7.12. The number of carbonyl (C=O) groups is 3. The summed E-state index contributed by atoms with van der Waals surface area (Å²) in [7, 11) is 0. The molecular weight excluding hydrogens is 480 g/mol. The van der Waals surface area contributed by atoms with Crippen molar-refractivity contribution in [3.8, 4) is 5.69 Å². The number of rotatable bonds is 8. The molecule has 0 bridgehead atoms. The lowest BCUT2D eigenvalue weighted by Gasteiger charge is -2.36. The molecule has 8 heteroatoms. The summed E-state index contributed by atoms with van der Waals surface area (Å²) in [6.07, 6.45) is 3.64. The Morgan fingerprint density at radius 2 is 1.74 bits per heavy atom. The van der Waals surface area contributed by atoms with E-state index in [4.69, 9.17) is 0 Å². The Morgan fingerprint density at radius 3 is 2.26 bits per heavy atom. The van der Waals surface area contributed by atoms with E-state index >= 15 is 0 Å². The van der Waals surface area contributed by atoms with Crippen LogP contribution in [-0.2, 0) is 14.4 Å². The summed E-state index contributed by atoms with van der Waals surface area (Å²) in [4.78, 5) is 45.7. The summed E-state index contributed by atoms with van der Waals surface area (Å²) >= 11 is 0. The third-order valence-corrected chi connectivity index (χ3v) is 7.12. The first-order valence-electron chi connectivity index (χ1n) is 13.5. The maximum absolute atomic E-state index is 13.7. The number of β-amino-alcohol motifs (C(OH)–C–C–N with tert-alkyl or cyclic N) is 1. The third kappa shape index (κ3) is 7.31. The first-order valence-corrected chi connectivity index (χ1v) is 13.5. The Morgan fingerprint density at radius 1 is 1.11 bits per heavy atom. The quantitative estimate of drug-likeness (QED) is 0.539. The zero-order chi connectivity index (χ0) is 28.4. The fourth-order valence-corrected chi connectivity index (χ4v) is 5.04. The van der Waals surface area contributed by atoms with Gasteiger partial charge < -0.3 is 19.9 Å². The van der Waals surface area contributed by atoms with Crippen LogP contribution in [0.25, 0.3) is 5.69 Å². The average Bonchev–Trinajstić information content (AvgIpc) is 3.40. The molecule has 8 nitrogen and oxygen atoms in total. The number of carbonyl (C=O) groups excluding carboxylic acids is 3. The van der Waals surface area contributed by atoms with Gasteiger partial charge in [-0.2, -0.15) is 0 Å². The van der Waals surface area contributed by atoms with Crippen molar-refractivity contribution < 1.29 is 19.5 Å². The number of Topliss-reactive ketones (excluding diaryl/α,β-unsaturated/α-hetero) is 1. The Labute approximate surface area is 226 Å². The van der Waals surface area contributed by atoms with Crippen LogP contribution in [0.4, 0.5) is 0 Å². The second kappa shape index (κ2) is 11.4. The van der Waals surface area contributed by atoms with E-state index in [1.54, 1.807) is 6.20 Å². The number of aryl methyl sites for hydroxylation is 1. The first-order chi connectivity index (χ1) is 17.6. The maximum atomic E-state index is 13.7. The van der Waals surface area contributed by atoms with Gasteiger partial charge in [0.1, 0.15) is 11.9 Å². The van der Waals surface area contributed by atoms with E-state index < -0.39 is 23.6 Å². The van der Waals surface area contributed by atoms with Crippen molar-refractivity contribution >= 4 is 17.6 Å². The molecule has 1 aromatic carbocycles.